The van der Waals surface area contributed by atoms with Crippen molar-refractivity contribution >= 4 is 189 Å². The highest BCUT2D eigenvalue weighted by atomic mass is 32.1. The van der Waals surface area contributed by atoms with E-state index >= 15 is 0 Å². The lowest BCUT2D eigenvalue weighted by Crippen LogP contribution is -2.41. The highest BCUT2D eigenvalue weighted by Crippen LogP contribution is 2.42. The van der Waals surface area contributed by atoms with Crippen molar-refractivity contribution in [1.82, 2.24) is 97.3 Å². The van der Waals surface area contributed by atoms with Crippen molar-refractivity contribution in [2.24, 2.45) is 5.92 Å². The molecule has 16 N–H and O–H groups in total. The number of fused-ring (bicyclic) bond motifs is 5. The molecule has 15 heterocycles. The van der Waals surface area contributed by atoms with Crippen LogP contribution in [0.4, 0.5) is 38.5 Å². The normalized spacial score (nSPS) is 14.4. The van der Waals surface area contributed by atoms with E-state index in [1.54, 1.807) is 65.4 Å². The van der Waals surface area contributed by atoms with E-state index in [0.29, 0.717) is 153 Å². The number of aryl methyl sites for hydroxylation is 11. The van der Waals surface area contributed by atoms with Gasteiger partial charge in [-0.05, 0) is 206 Å². The molecule has 2 atom stereocenters. The van der Waals surface area contributed by atoms with Crippen molar-refractivity contribution in [1.29, 1.82) is 0 Å². The molecule has 1 aliphatic carbocycles. The standard InChI is InChI=1S/C22H20FN5OS.C22H20N4O2S.C20H21N5O2S.C19H20N6O2S.C18H23N5O2S/c1-11-4-9-16(20(23)26-11)15-7-5-14(6-8-15)10-25-21(29)19-18(24)17-12(2)13(3)27-28-22(17)30-19;1-12-13(2)25-26-22-18(12)19(23)20(29-22)21(28)24-11-14-7-9-15(10-8-14)16-5-3-4-6-17(16)27;1-11-12(2)23-24-20-16(11)17(21)18(28-20)19(27)22-10-13-5-7-14(8-6-13)25-9-3-4-15(25)26;1-10-11(2)23-24-18-14(10)15(20)16(28-18)19(27)25-8-6-12(9-25)22-17(26)13-5-3-4-7-21-13;1-9-10(2)21-22-17-13(9)14(19)15(26-17)16(24)20-12-6-7-23(8-12)18(25)11-4-3-5-11/h4-9H,10,24H2,1-3H3,(H,25,29);3-10,27H,11,23H2,1-2H3,(H,24,28);5-8H,3-4,9-10,21H2,1-2H3,(H,22,27);3-5,7,12H,6,8-9,20H2,1-2H3,(H,22,26);11-12H,3-8,19H2,1-2H3,(H,20,24). The Labute approximate surface area is 830 Å². The third-order valence-corrected chi connectivity index (χ3v) is 31.2. The zero-order chi connectivity index (χ0) is 100. The summed E-state index contributed by atoms with van der Waals surface area (Å²) in [4.78, 5) is 119. The molecule has 0 bridgehead atoms. The number of benzene rings is 4. The average molecular weight is 1990 g/mol. The lowest BCUT2D eigenvalue weighted by molar-refractivity contribution is -0.137. The Bertz CT molecular complexity index is 7560. The number of halogens is 1. The molecular weight excluding hydrogens is 1890 g/mol. The molecule has 20 rings (SSSR count). The molecule has 141 heavy (non-hydrogen) atoms. The van der Waals surface area contributed by atoms with Crippen LogP contribution in [0.5, 0.6) is 5.75 Å². The minimum atomic E-state index is -0.495. The molecule has 34 nitrogen and oxygen atoms in total. The number of hydrogen-bond donors (Lipinski definition) is 11. The number of nitrogen functional groups attached to an aromatic ring is 5. The first-order valence-corrected chi connectivity index (χ1v) is 49.8. The second-order valence-corrected chi connectivity index (χ2v) is 40.0. The van der Waals surface area contributed by atoms with Crippen molar-refractivity contribution in [3.63, 3.8) is 0 Å². The Hall–Kier alpha value is -15.1. The third kappa shape index (κ3) is 21.4. The number of para-hydroxylation sites is 1. The van der Waals surface area contributed by atoms with Crippen LogP contribution in [0.25, 0.3) is 73.3 Å². The Kier molecular flexibility index (Phi) is 29.9. The number of hydrogen-bond acceptors (Lipinski definition) is 31. The number of nitrogens with zero attached hydrogens (tertiary/aromatic N) is 15. The molecule has 40 heteroatoms. The van der Waals surface area contributed by atoms with Gasteiger partial charge in [-0.2, -0.15) is 29.9 Å². The third-order valence-electron chi connectivity index (χ3n) is 25.8. The number of nitrogens with two attached hydrogens (primary N) is 5. The number of amides is 8. The number of phenolic OH excluding ortho intramolecular Hbond substituents is 1. The number of pyridine rings is 2. The van der Waals surface area contributed by atoms with E-state index in [4.69, 9.17) is 28.7 Å². The monoisotopic (exact) mass is 1990 g/mol. The summed E-state index contributed by atoms with van der Waals surface area (Å²) in [5.74, 6) is -0.917. The first-order valence-electron chi connectivity index (χ1n) is 45.7. The number of aromatic hydroxyl groups is 1. The lowest BCUT2D eigenvalue weighted by atomic mass is 9.84. The SMILES string of the molecule is Cc1ccc(-c2ccc(CNC(=O)c3sc4nnc(C)c(C)c4c3N)cc2)c(F)n1.Cc1nnc2sc(C(=O)N3CCC(NC(=O)c4ccccn4)C3)c(N)c2c1C.Cc1nnc2sc(C(=O)NC3CCN(C(=O)C4CCC4)C3)c(N)c2c1C.Cc1nnc2sc(C(=O)NCc3ccc(-c4ccccc4O)cc3)c(N)c2c1C.Cc1nnc2sc(C(=O)NCc3ccc(N4CCCC4=O)cc3)c(N)c2c1C. The predicted molar refractivity (Wildman–Crippen MR) is 552 cm³/mol. The van der Waals surface area contributed by atoms with E-state index in [2.05, 4.69) is 87.5 Å². The fourth-order valence-electron chi connectivity index (χ4n) is 16.8. The number of carbonyl (C=O) groups is 8. The van der Waals surface area contributed by atoms with Crippen LogP contribution >= 0.6 is 56.7 Å². The van der Waals surface area contributed by atoms with Crippen molar-refractivity contribution in [2.45, 2.75) is 153 Å². The zero-order valence-corrected chi connectivity index (χ0v) is 83.4. The number of anilines is 6. The summed E-state index contributed by atoms with van der Waals surface area (Å²) in [6, 6.07) is 38.4. The number of aromatic nitrogens is 12. The summed E-state index contributed by atoms with van der Waals surface area (Å²) in [6.07, 6.45) is 7.72. The van der Waals surface area contributed by atoms with Crippen LogP contribution in [0, 0.1) is 88.0 Å². The molecule has 4 aromatic carbocycles. The quantitative estimate of drug-likeness (QED) is 0.0355. The highest BCUT2D eigenvalue weighted by Gasteiger charge is 2.37. The van der Waals surface area contributed by atoms with Gasteiger partial charge in [0.15, 0.2) is 0 Å². The first kappa shape index (κ1) is 98.9. The number of rotatable bonds is 18. The molecule has 1 saturated carbocycles. The second-order valence-electron chi connectivity index (χ2n) is 35.0. The van der Waals surface area contributed by atoms with Gasteiger partial charge in [-0.3, -0.25) is 43.3 Å². The number of carbonyl (C=O) groups excluding carboxylic acids is 8. The van der Waals surface area contributed by atoms with E-state index in [9.17, 15) is 47.9 Å². The van der Waals surface area contributed by atoms with Gasteiger partial charge in [0.25, 0.3) is 35.4 Å². The fraction of sp³-hybridized carbons (Fsp3) is 0.287. The minimum Gasteiger partial charge on any atom is -0.507 e. The molecular formula is C101H104FN25O9S5. The average Bonchev–Trinajstić information content (AvgIpc) is 1.62. The van der Waals surface area contributed by atoms with Crippen molar-refractivity contribution in [2.75, 3.05) is 66.3 Å². The van der Waals surface area contributed by atoms with Crippen molar-refractivity contribution in [3.8, 4) is 28.0 Å². The summed E-state index contributed by atoms with van der Waals surface area (Å²) in [5.41, 5.74) is 49.8. The maximum atomic E-state index is 14.1. The Morgan fingerprint density at radius 3 is 1.19 bits per heavy atom. The van der Waals surface area contributed by atoms with Crippen LogP contribution in [-0.4, -0.2) is 168 Å². The molecule has 0 spiro atoms. The van der Waals surface area contributed by atoms with Crippen LogP contribution < -0.4 is 60.2 Å². The van der Waals surface area contributed by atoms with E-state index in [1.807, 2.05) is 159 Å². The van der Waals surface area contributed by atoms with Gasteiger partial charge in [0.05, 0.1) is 56.9 Å². The predicted octanol–water partition coefficient (Wildman–Crippen LogP) is 15.4. The first-order chi connectivity index (χ1) is 67.7. The van der Waals surface area contributed by atoms with Gasteiger partial charge in [-0.15, -0.1) is 82.2 Å². The highest BCUT2D eigenvalue weighted by molar-refractivity contribution is 7.23. The fourth-order valence-corrected chi connectivity index (χ4v) is 21.9. The molecule has 2 unspecified atom stereocenters. The molecule has 0 radical (unpaired) electrons. The Morgan fingerprint density at radius 1 is 0.411 bits per heavy atom. The number of likely N-dealkylation sites (tertiary alicyclic amines) is 2. The van der Waals surface area contributed by atoms with Gasteiger partial charge >= 0.3 is 0 Å². The van der Waals surface area contributed by atoms with Gasteiger partial charge < -0.3 is 75.1 Å². The molecule has 3 aliphatic heterocycles. The van der Waals surface area contributed by atoms with Crippen LogP contribution in [0.3, 0.4) is 0 Å². The molecule has 3 saturated heterocycles. The summed E-state index contributed by atoms with van der Waals surface area (Å²) < 4.78 is 14.1. The Morgan fingerprint density at radius 2 is 0.794 bits per heavy atom. The number of phenols is 1. The summed E-state index contributed by atoms with van der Waals surface area (Å²) in [7, 11) is 0. The second kappa shape index (κ2) is 42.7. The van der Waals surface area contributed by atoms with Gasteiger partial charge in [-0.1, -0.05) is 91.3 Å². The van der Waals surface area contributed by atoms with E-state index in [1.165, 1.54) is 56.7 Å². The molecule has 12 aromatic heterocycles. The van der Waals surface area contributed by atoms with Crippen molar-refractivity contribution < 1.29 is 47.9 Å². The smallest absolute Gasteiger partial charge is 0.270 e. The molecule has 16 aromatic rings. The minimum absolute atomic E-state index is 0.0231. The van der Waals surface area contributed by atoms with Crippen LogP contribution in [0.2, 0.25) is 0 Å². The molecule has 4 aliphatic rings. The van der Waals surface area contributed by atoms with Crippen LogP contribution in [0.15, 0.2) is 134 Å². The lowest BCUT2D eigenvalue weighted by Gasteiger charge is -2.29. The zero-order valence-electron chi connectivity index (χ0n) is 79.3. The van der Waals surface area contributed by atoms with Gasteiger partial charge in [0.2, 0.25) is 17.8 Å². The topological polar surface area (TPSA) is 511 Å². The van der Waals surface area contributed by atoms with Gasteiger partial charge in [-0.25, -0.2) is 4.98 Å². The van der Waals surface area contributed by atoms with Crippen molar-refractivity contribution in [3.05, 3.63) is 248 Å². The largest absolute Gasteiger partial charge is 0.507 e. The van der Waals surface area contributed by atoms with Crippen LogP contribution in [0.1, 0.15) is 182 Å². The summed E-state index contributed by atoms with van der Waals surface area (Å²) in [5, 5.41) is 70.0. The maximum Gasteiger partial charge on any atom is 0.270 e. The van der Waals surface area contributed by atoms with Crippen LogP contribution in [-0.2, 0) is 29.2 Å². The maximum absolute atomic E-state index is 14.1. The number of thiophene rings is 5. The summed E-state index contributed by atoms with van der Waals surface area (Å²) in [6.45, 7) is 24.9. The Balaban J connectivity index is 0.000000127. The molecule has 4 fully saturated rings. The summed E-state index contributed by atoms with van der Waals surface area (Å²) >= 11 is 6.28. The van der Waals surface area contributed by atoms with E-state index in [-0.39, 0.29) is 71.0 Å². The van der Waals surface area contributed by atoms with E-state index in [0.717, 1.165) is 161 Å². The number of nitrogens with one attached hydrogen (secondary N) is 5. The molecule has 8 amide bonds. The molecule has 724 valence electrons. The van der Waals surface area contributed by atoms with Gasteiger partial charge in [0, 0.05) is 132 Å². The van der Waals surface area contributed by atoms with E-state index < -0.39 is 5.95 Å². The van der Waals surface area contributed by atoms with Gasteiger partial charge in [0.1, 0.15) is 60.0 Å².